The summed E-state index contributed by atoms with van der Waals surface area (Å²) in [6, 6.07) is 3.80. The predicted molar refractivity (Wildman–Crippen MR) is 80.6 cm³/mol. The van der Waals surface area contributed by atoms with Crippen molar-refractivity contribution in [3.05, 3.63) is 70.9 Å². The molecule has 0 fully saturated rings. The molecule has 0 radical (unpaired) electrons. The summed E-state index contributed by atoms with van der Waals surface area (Å²) in [4.78, 5) is 16.4. The van der Waals surface area contributed by atoms with Crippen LogP contribution in [0.15, 0.2) is 48.6 Å². The molecule has 1 aromatic carbocycles. The number of ether oxygens (including phenoxy) is 1. The zero-order chi connectivity index (χ0) is 20.0. The van der Waals surface area contributed by atoms with Crippen molar-refractivity contribution >= 4 is 11.4 Å². The summed E-state index contributed by atoms with van der Waals surface area (Å²) in [6.45, 7) is 0. The largest absolute Gasteiger partial charge is 0.462 e. The van der Waals surface area contributed by atoms with Crippen molar-refractivity contribution in [2.45, 2.75) is 18.5 Å². The molecule has 1 atom stereocenters. The molecule has 142 valence electrons. The first kappa shape index (κ1) is 18.7. The van der Waals surface area contributed by atoms with Crippen LogP contribution in [0.25, 0.3) is 5.57 Å². The third-order valence-electron chi connectivity index (χ3n) is 3.84. The Kier molecular flexibility index (Phi) is 4.37. The van der Waals surface area contributed by atoms with Crippen LogP contribution in [0.1, 0.15) is 28.4 Å². The van der Waals surface area contributed by atoms with Gasteiger partial charge in [-0.25, -0.2) is 0 Å². The van der Waals surface area contributed by atoms with Gasteiger partial charge in [-0.15, -0.1) is 0 Å². The van der Waals surface area contributed by atoms with Gasteiger partial charge in [-0.2, -0.15) is 26.3 Å². The summed E-state index contributed by atoms with van der Waals surface area (Å²) in [7, 11) is 0. The number of pyridine rings is 1. The highest BCUT2D eigenvalue weighted by molar-refractivity contribution is 6.25. The molecule has 0 bridgehead atoms. The number of benzene rings is 1. The van der Waals surface area contributed by atoms with E-state index >= 15 is 0 Å². The van der Waals surface area contributed by atoms with Gasteiger partial charge in [0, 0.05) is 18.0 Å². The number of carbonyl (C=O) groups is 1. The molecule has 0 saturated carbocycles. The molecule has 0 amide bonds. The van der Waals surface area contributed by atoms with Gasteiger partial charge in [0.2, 0.25) is 5.78 Å². The van der Waals surface area contributed by atoms with Crippen LogP contribution >= 0.6 is 0 Å². The SMILES string of the molecule is NC1=C(c2cc(C(F)(F)F)cc(C(F)(F)F)c2)C(=O)C(c2cccnc2)O1. The number of nitrogens with two attached hydrogens (primary N) is 1. The number of carbonyl (C=O) groups excluding carboxylic acids is 1. The molecular formula is C17H10F6N2O2. The van der Waals surface area contributed by atoms with Gasteiger partial charge in [0.05, 0.1) is 16.7 Å². The third-order valence-corrected chi connectivity index (χ3v) is 3.84. The van der Waals surface area contributed by atoms with Crippen molar-refractivity contribution < 1.29 is 35.9 Å². The van der Waals surface area contributed by atoms with Gasteiger partial charge in [0.25, 0.3) is 0 Å². The fourth-order valence-corrected chi connectivity index (χ4v) is 2.63. The first-order chi connectivity index (χ1) is 12.5. The lowest BCUT2D eigenvalue weighted by atomic mass is 9.94. The van der Waals surface area contributed by atoms with E-state index in [1.807, 2.05) is 0 Å². The molecule has 1 aromatic heterocycles. The maximum atomic E-state index is 13.0. The number of nitrogens with zero attached hydrogens (tertiary/aromatic N) is 1. The zero-order valence-electron chi connectivity index (χ0n) is 13.2. The van der Waals surface area contributed by atoms with Gasteiger partial charge < -0.3 is 10.5 Å². The van der Waals surface area contributed by atoms with Crippen LogP contribution < -0.4 is 5.73 Å². The van der Waals surface area contributed by atoms with Crippen molar-refractivity contribution in [3.63, 3.8) is 0 Å². The van der Waals surface area contributed by atoms with Gasteiger partial charge in [-0.1, -0.05) is 6.07 Å². The molecule has 2 N–H and O–H groups in total. The maximum Gasteiger partial charge on any atom is 0.416 e. The van der Waals surface area contributed by atoms with E-state index < -0.39 is 52.4 Å². The van der Waals surface area contributed by atoms with Crippen molar-refractivity contribution in [2.75, 3.05) is 0 Å². The Bertz CT molecular complexity index is 887. The van der Waals surface area contributed by atoms with Gasteiger partial charge in [0.15, 0.2) is 12.0 Å². The molecule has 10 heteroatoms. The third kappa shape index (κ3) is 3.60. The minimum Gasteiger partial charge on any atom is -0.462 e. The highest BCUT2D eigenvalue weighted by Crippen LogP contribution is 2.41. The lowest BCUT2D eigenvalue weighted by Gasteiger charge is -2.14. The molecule has 2 aromatic rings. The van der Waals surface area contributed by atoms with Gasteiger partial charge in [-0.3, -0.25) is 9.78 Å². The highest BCUT2D eigenvalue weighted by atomic mass is 19.4. The second-order valence-corrected chi connectivity index (χ2v) is 5.68. The number of aromatic nitrogens is 1. The van der Waals surface area contributed by atoms with Crippen molar-refractivity contribution in [2.24, 2.45) is 5.73 Å². The van der Waals surface area contributed by atoms with Crippen molar-refractivity contribution in [1.29, 1.82) is 0 Å². The summed E-state index contributed by atoms with van der Waals surface area (Å²) in [5, 5.41) is 0. The molecule has 0 aliphatic carbocycles. The van der Waals surface area contributed by atoms with E-state index in [2.05, 4.69) is 4.98 Å². The standard InChI is InChI=1S/C17H10F6N2O2/c18-16(19,20)10-4-9(5-11(6-10)17(21,22)23)12-13(26)14(27-15(12)24)8-2-1-3-25-7-8/h1-7,14H,24H2. The Morgan fingerprint density at radius 1 is 1.00 bits per heavy atom. The molecule has 3 rings (SSSR count). The van der Waals surface area contributed by atoms with Crippen LogP contribution in [0.2, 0.25) is 0 Å². The smallest absolute Gasteiger partial charge is 0.416 e. The Morgan fingerprint density at radius 2 is 1.59 bits per heavy atom. The maximum absolute atomic E-state index is 13.0. The minimum absolute atomic E-state index is 0.0286. The van der Waals surface area contributed by atoms with E-state index in [4.69, 9.17) is 10.5 Å². The summed E-state index contributed by atoms with van der Waals surface area (Å²) < 4.78 is 83.3. The Labute approximate surface area is 148 Å². The summed E-state index contributed by atoms with van der Waals surface area (Å²) in [6.07, 6.45) is -8.68. The fourth-order valence-electron chi connectivity index (χ4n) is 2.63. The van der Waals surface area contributed by atoms with Crippen LogP contribution in [0.4, 0.5) is 26.3 Å². The van der Waals surface area contributed by atoms with Crippen LogP contribution in [0.5, 0.6) is 0 Å². The van der Waals surface area contributed by atoms with Gasteiger partial charge >= 0.3 is 12.4 Å². The zero-order valence-corrected chi connectivity index (χ0v) is 13.2. The minimum atomic E-state index is -5.05. The van der Waals surface area contributed by atoms with Gasteiger partial charge in [-0.05, 0) is 29.8 Å². The molecule has 2 heterocycles. The number of hydrogen-bond donors (Lipinski definition) is 1. The van der Waals surface area contributed by atoms with E-state index in [9.17, 15) is 31.1 Å². The monoisotopic (exact) mass is 388 g/mol. The van der Waals surface area contributed by atoms with E-state index in [-0.39, 0.29) is 11.6 Å². The Balaban J connectivity index is 2.10. The van der Waals surface area contributed by atoms with Crippen LogP contribution in [-0.4, -0.2) is 10.8 Å². The summed E-state index contributed by atoms with van der Waals surface area (Å²) in [5.74, 6) is -1.41. The normalized spacial score (nSPS) is 18.0. The molecule has 0 spiro atoms. The molecule has 1 unspecified atom stereocenters. The van der Waals surface area contributed by atoms with Crippen molar-refractivity contribution in [1.82, 2.24) is 4.98 Å². The van der Waals surface area contributed by atoms with E-state index in [0.29, 0.717) is 12.1 Å². The quantitative estimate of drug-likeness (QED) is 0.788. The van der Waals surface area contributed by atoms with Crippen LogP contribution in [0, 0.1) is 0 Å². The number of Topliss-reactive ketones (excluding diaryl/α,β-unsaturated/α-hetero) is 1. The second-order valence-electron chi connectivity index (χ2n) is 5.68. The van der Waals surface area contributed by atoms with E-state index in [1.54, 1.807) is 0 Å². The van der Waals surface area contributed by atoms with Gasteiger partial charge in [0.1, 0.15) is 0 Å². The van der Waals surface area contributed by atoms with Crippen LogP contribution in [-0.2, 0) is 21.9 Å². The lowest BCUT2D eigenvalue weighted by molar-refractivity contribution is -0.143. The lowest BCUT2D eigenvalue weighted by Crippen LogP contribution is -2.14. The number of ketones is 1. The fraction of sp³-hybridized carbons (Fsp3) is 0.176. The molecular weight excluding hydrogens is 378 g/mol. The summed E-state index contributed by atoms with van der Waals surface area (Å²) >= 11 is 0. The van der Waals surface area contributed by atoms with Crippen molar-refractivity contribution in [3.8, 4) is 0 Å². The summed E-state index contributed by atoms with van der Waals surface area (Å²) in [5.41, 5.74) is 1.61. The molecule has 1 aliphatic rings. The van der Waals surface area contributed by atoms with E-state index in [0.717, 1.165) is 0 Å². The number of alkyl halides is 6. The average molecular weight is 388 g/mol. The van der Waals surface area contributed by atoms with Crippen LogP contribution in [0.3, 0.4) is 0 Å². The first-order valence-electron chi connectivity index (χ1n) is 7.39. The topological polar surface area (TPSA) is 65.2 Å². The first-order valence-corrected chi connectivity index (χ1v) is 7.39. The number of hydrogen-bond acceptors (Lipinski definition) is 4. The predicted octanol–water partition coefficient (Wildman–Crippen LogP) is 4.09. The molecule has 0 saturated heterocycles. The Hall–Kier alpha value is -3.04. The molecule has 1 aliphatic heterocycles. The molecule has 4 nitrogen and oxygen atoms in total. The van der Waals surface area contributed by atoms with E-state index in [1.165, 1.54) is 24.5 Å². The number of halogens is 6. The second kappa shape index (κ2) is 6.29. The molecule has 27 heavy (non-hydrogen) atoms. The Morgan fingerprint density at radius 3 is 2.07 bits per heavy atom. The average Bonchev–Trinajstić information content (AvgIpc) is 2.88. The highest BCUT2D eigenvalue weighted by Gasteiger charge is 2.41. The number of rotatable bonds is 2.